The number of nitrogens with two attached hydrogens (primary N) is 1. The molecule has 1 aliphatic heterocycles. The van der Waals surface area contributed by atoms with Crippen LogP contribution in [0.1, 0.15) is 59.8 Å². The molecule has 0 aromatic rings. The Morgan fingerprint density at radius 3 is 2.09 bits per heavy atom. The van der Waals surface area contributed by atoms with Crippen LogP contribution in [0.3, 0.4) is 0 Å². The summed E-state index contributed by atoms with van der Waals surface area (Å²) in [5, 5.41) is 7.38. The van der Waals surface area contributed by atoms with Crippen LogP contribution in [0.4, 0.5) is 0 Å². The average Bonchev–Trinajstić information content (AvgIpc) is 2.50. The van der Waals surface area contributed by atoms with E-state index in [0.29, 0.717) is 19.8 Å². The summed E-state index contributed by atoms with van der Waals surface area (Å²) in [7, 11) is -2.30. The third-order valence-corrected chi connectivity index (χ3v) is 8.55. The second-order valence-corrected chi connectivity index (χ2v) is 8.96. The van der Waals surface area contributed by atoms with Gasteiger partial charge in [0.05, 0.1) is 0 Å². The van der Waals surface area contributed by atoms with E-state index >= 15 is 0 Å². The van der Waals surface area contributed by atoms with Crippen LogP contribution in [0.15, 0.2) is 0 Å². The molecular weight excluding hydrogens is 298 g/mol. The lowest BCUT2D eigenvalue weighted by Gasteiger charge is -2.49. The first kappa shape index (κ1) is 22.0. The second kappa shape index (κ2) is 12.4. The van der Waals surface area contributed by atoms with Crippen LogP contribution in [-0.4, -0.2) is 51.9 Å². The maximum atomic E-state index is 7.57. The summed E-state index contributed by atoms with van der Waals surface area (Å²) >= 11 is 0. The fraction of sp³-hybridized carbons (Fsp3) is 1.00. The molecule has 0 aliphatic carbocycles. The smallest absolute Gasteiger partial charge is 0.371 e. The van der Waals surface area contributed by atoms with Gasteiger partial charge in [0.15, 0.2) is 0 Å². The van der Waals surface area contributed by atoms with Crippen molar-refractivity contribution in [2.45, 2.75) is 71.1 Å². The predicted octanol–water partition coefficient (Wildman–Crippen LogP) is 2.74. The lowest BCUT2D eigenvalue weighted by Crippen LogP contribution is -2.66. The van der Waals surface area contributed by atoms with Crippen molar-refractivity contribution >= 4 is 8.56 Å². The molecule has 0 aromatic heterocycles. The Hall–Kier alpha value is 0.0169. The first-order valence-electron chi connectivity index (χ1n) is 8.84. The minimum Gasteiger partial charge on any atom is -0.397 e. The Morgan fingerprint density at radius 2 is 1.64 bits per heavy atom. The van der Waals surface area contributed by atoms with E-state index in [1.807, 2.05) is 0 Å². The van der Waals surface area contributed by atoms with Crippen LogP contribution in [0.5, 0.6) is 0 Å². The van der Waals surface area contributed by atoms with Gasteiger partial charge in [0.25, 0.3) is 0 Å². The minimum absolute atomic E-state index is 0.189. The van der Waals surface area contributed by atoms with Crippen molar-refractivity contribution in [2.75, 3.05) is 33.0 Å². The molecule has 1 fully saturated rings. The van der Waals surface area contributed by atoms with Crippen molar-refractivity contribution in [3.63, 3.8) is 0 Å². The highest BCUT2D eigenvalue weighted by Crippen LogP contribution is 2.43. The number of hydrogen-bond acceptors (Lipinski definition) is 5. The molecule has 1 heterocycles. The summed E-state index contributed by atoms with van der Waals surface area (Å²) in [5.74, 6) is 0. The fourth-order valence-electron chi connectivity index (χ4n) is 3.34. The van der Waals surface area contributed by atoms with E-state index < -0.39 is 8.56 Å². The van der Waals surface area contributed by atoms with Gasteiger partial charge in [-0.05, 0) is 59.5 Å². The summed E-state index contributed by atoms with van der Waals surface area (Å²) in [6.07, 6.45) is 5.43. The van der Waals surface area contributed by atoms with E-state index in [2.05, 4.69) is 20.8 Å². The highest BCUT2D eigenvalue weighted by atomic mass is 28.4. The maximum Gasteiger partial charge on any atom is 0.371 e. The molecule has 0 saturated carbocycles. The Bertz CT molecular complexity index is 253. The van der Waals surface area contributed by atoms with E-state index in [1.54, 1.807) is 6.92 Å². The van der Waals surface area contributed by atoms with Crippen molar-refractivity contribution < 1.29 is 18.7 Å². The van der Waals surface area contributed by atoms with Gasteiger partial charge in [-0.25, -0.2) is 0 Å². The van der Waals surface area contributed by atoms with Gasteiger partial charge in [0.2, 0.25) is 0 Å². The van der Waals surface area contributed by atoms with Crippen LogP contribution in [-0.2, 0) is 13.6 Å². The monoisotopic (exact) mass is 335 g/mol. The van der Waals surface area contributed by atoms with Crippen LogP contribution in [0.2, 0.25) is 6.04 Å². The van der Waals surface area contributed by atoms with Crippen LogP contribution >= 0.6 is 0 Å². The van der Waals surface area contributed by atoms with Gasteiger partial charge >= 0.3 is 8.56 Å². The van der Waals surface area contributed by atoms with Crippen molar-refractivity contribution in [2.24, 2.45) is 5.73 Å². The highest BCUT2D eigenvalue weighted by Gasteiger charge is 2.59. The first-order valence-corrected chi connectivity index (χ1v) is 10.9. The summed E-state index contributed by atoms with van der Waals surface area (Å²) in [6, 6.07) is 1.05. The van der Waals surface area contributed by atoms with E-state index in [-0.39, 0.29) is 11.8 Å². The number of aliphatic hydroxyl groups excluding tert-OH is 1. The molecule has 0 amide bonds. The Kier molecular flexibility index (Phi) is 12.5. The van der Waals surface area contributed by atoms with E-state index in [4.69, 9.17) is 24.4 Å². The average molecular weight is 336 g/mol. The van der Waals surface area contributed by atoms with Crippen LogP contribution in [0, 0.1) is 0 Å². The second-order valence-electron chi connectivity index (χ2n) is 5.46. The number of aliphatic hydroxyl groups is 1. The zero-order chi connectivity index (χ0) is 16.9. The predicted molar refractivity (Wildman–Crippen MR) is 93.1 cm³/mol. The lowest BCUT2D eigenvalue weighted by molar-refractivity contribution is -0.0461. The molecule has 1 atom stereocenters. The van der Waals surface area contributed by atoms with Crippen LogP contribution < -0.4 is 5.73 Å². The standard InChI is InChI=1S/C14H31NO3Si.C2H6O/c1-4-16-14(11-9-12-15)10-7-8-13-19(14,17-5-2)18-6-3;1-2-3/h4-13,15H2,1-3H3;3H,2H2,1H3. The first-order chi connectivity index (χ1) is 10.6. The number of ether oxygens (including phenoxy) is 1. The van der Waals surface area contributed by atoms with Crippen molar-refractivity contribution in [1.82, 2.24) is 0 Å². The molecule has 0 aromatic carbocycles. The molecular formula is C16H37NO4Si. The van der Waals surface area contributed by atoms with Gasteiger partial charge in [-0.3, -0.25) is 0 Å². The number of hydrogen-bond donors (Lipinski definition) is 2. The van der Waals surface area contributed by atoms with Gasteiger partial charge in [-0.1, -0.05) is 12.8 Å². The Morgan fingerprint density at radius 1 is 1.05 bits per heavy atom. The lowest BCUT2D eigenvalue weighted by atomic mass is 10.1. The molecule has 6 heteroatoms. The van der Waals surface area contributed by atoms with Gasteiger partial charge in [-0.15, -0.1) is 0 Å². The topological polar surface area (TPSA) is 73.9 Å². The molecule has 1 aliphatic rings. The van der Waals surface area contributed by atoms with Gasteiger partial charge in [0, 0.05) is 26.4 Å². The summed E-state index contributed by atoms with van der Waals surface area (Å²) < 4.78 is 18.7. The third kappa shape index (κ3) is 5.90. The maximum absolute atomic E-state index is 7.57. The SMILES string of the molecule is CCO.CCOC1(CCCN)CCCC[Si]1(OCC)OCC. The number of rotatable bonds is 9. The van der Waals surface area contributed by atoms with E-state index in [1.165, 1.54) is 12.8 Å². The molecule has 5 nitrogen and oxygen atoms in total. The minimum atomic E-state index is -2.30. The van der Waals surface area contributed by atoms with Crippen molar-refractivity contribution in [3.8, 4) is 0 Å². The summed E-state index contributed by atoms with van der Waals surface area (Å²) in [5.41, 5.74) is 5.72. The molecule has 3 N–H and O–H groups in total. The Balaban J connectivity index is 0.00000135. The molecule has 0 radical (unpaired) electrons. The van der Waals surface area contributed by atoms with Crippen molar-refractivity contribution in [3.05, 3.63) is 0 Å². The van der Waals surface area contributed by atoms with Gasteiger partial charge < -0.3 is 24.4 Å². The Labute approximate surface area is 137 Å². The molecule has 22 heavy (non-hydrogen) atoms. The summed E-state index contributed by atoms with van der Waals surface area (Å²) in [4.78, 5) is 0. The molecule has 1 saturated heterocycles. The molecule has 0 spiro atoms. The molecule has 1 rings (SSSR count). The van der Waals surface area contributed by atoms with Gasteiger partial charge in [0.1, 0.15) is 5.22 Å². The fourth-order valence-corrected chi connectivity index (χ4v) is 7.82. The normalized spacial score (nSPS) is 23.7. The summed E-state index contributed by atoms with van der Waals surface area (Å²) in [6.45, 7) is 11.0. The molecule has 0 bridgehead atoms. The zero-order valence-electron chi connectivity index (χ0n) is 15.0. The highest BCUT2D eigenvalue weighted by molar-refractivity contribution is 6.70. The molecule has 1 unspecified atom stereocenters. The third-order valence-electron chi connectivity index (χ3n) is 3.99. The quantitative estimate of drug-likeness (QED) is 0.634. The van der Waals surface area contributed by atoms with E-state index in [0.717, 1.165) is 31.9 Å². The molecule has 134 valence electrons. The zero-order valence-corrected chi connectivity index (χ0v) is 16.0. The van der Waals surface area contributed by atoms with Crippen LogP contribution in [0.25, 0.3) is 0 Å². The van der Waals surface area contributed by atoms with Gasteiger partial charge in [-0.2, -0.15) is 0 Å². The van der Waals surface area contributed by atoms with E-state index in [9.17, 15) is 0 Å². The van der Waals surface area contributed by atoms with Crippen molar-refractivity contribution in [1.29, 1.82) is 0 Å². The largest absolute Gasteiger partial charge is 0.397 e.